The van der Waals surface area contributed by atoms with Crippen LogP contribution in [0.15, 0.2) is 12.3 Å². The number of hydrogen-bond acceptors (Lipinski definition) is 6. The van der Waals surface area contributed by atoms with Crippen LogP contribution in [-0.4, -0.2) is 28.8 Å². The van der Waals surface area contributed by atoms with Crippen LogP contribution in [0.5, 0.6) is 0 Å². The van der Waals surface area contributed by atoms with Crippen LogP contribution in [0.3, 0.4) is 0 Å². The van der Waals surface area contributed by atoms with E-state index in [9.17, 15) is 14.9 Å². The van der Waals surface area contributed by atoms with E-state index in [1.807, 2.05) is 0 Å². The lowest BCUT2D eigenvalue weighted by Gasteiger charge is -2.15. The lowest BCUT2D eigenvalue weighted by molar-refractivity contribution is -0.384. The topological polar surface area (TPSA) is 102 Å². The van der Waals surface area contributed by atoms with E-state index < -0.39 is 4.92 Å². The van der Waals surface area contributed by atoms with Gasteiger partial charge in [0.2, 0.25) is 0 Å². The molecule has 2 N–H and O–H groups in total. The maximum Gasteiger partial charge on any atom is 0.310 e. The molecule has 0 atom stereocenters. The van der Waals surface area contributed by atoms with Gasteiger partial charge < -0.3 is 10.6 Å². The molecule has 0 aromatic carbocycles. The van der Waals surface area contributed by atoms with Crippen LogP contribution >= 0.6 is 0 Å². The average Bonchev–Trinajstić information content (AvgIpc) is 2.64. The zero-order valence-corrected chi connectivity index (χ0v) is 8.42. The first-order valence-corrected chi connectivity index (χ1v) is 4.74. The highest BCUT2D eigenvalue weighted by Crippen LogP contribution is 2.25. The second-order valence-corrected chi connectivity index (χ2v) is 3.57. The van der Waals surface area contributed by atoms with Gasteiger partial charge in [-0.1, -0.05) is 0 Å². The van der Waals surface area contributed by atoms with Crippen molar-refractivity contribution in [1.29, 1.82) is 0 Å². The van der Waals surface area contributed by atoms with E-state index in [2.05, 4.69) is 4.98 Å². The van der Waals surface area contributed by atoms with Crippen LogP contribution in [0, 0.1) is 10.1 Å². The third kappa shape index (κ3) is 1.79. The fourth-order valence-corrected chi connectivity index (χ4v) is 1.60. The molecule has 1 aliphatic rings. The van der Waals surface area contributed by atoms with Crippen LogP contribution in [-0.2, 0) is 4.79 Å². The van der Waals surface area contributed by atoms with Crippen molar-refractivity contribution in [2.45, 2.75) is 6.42 Å². The third-order valence-corrected chi connectivity index (χ3v) is 2.45. The minimum Gasteiger partial charge on any atom is -0.393 e. The molecule has 7 nitrogen and oxygen atoms in total. The van der Waals surface area contributed by atoms with Crippen molar-refractivity contribution in [2.75, 3.05) is 23.7 Å². The van der Waals surface area contributed by atoms with E-state index in [1.165, 1.54) is 6.07 Å². The molecule has 1 aromatic rings. The van der Waals surface area contributed by atoms with Crippen LogP contribution < -0.4 is 10.6 Å². The fourth-order valence-electron chi connectivity index (χ4n) is 1.60. The Balaban J connectivity index is 2.27. The molecular weight excluding hydrogens is 212 g/mol. The van der Waals surface area contributed by atoms with E-state index in [0.29, 0.717) is 25.3 Å². The number of pyridine rings is 1. The van der Waals surface area contributed by atoms with Crippen molar-refractivity contribution in [2.24, 2.45) is 0 Å². The zero-order chi connectivity index (χ0) is 11.7. The molecule has 0 saturated carbocycles. The van der Waals surface area contributed by atoms with Gasteiger partial charge in [0.25, 0.3) is 0 Å². The molecule has 7 heteroatoms. The van der Waals surface area contributed by atoms with Gasteiger partial charge >= 0.3 is 5.69 Å². The highest BCUT2D eigenvalue weighted by atomic mass is 16.6. The fraction of sp³-hybridized carbons (Fsp3) is 0.333. The summed E-state index contributed by atoms with van der Waals surface area (Å²) in [6.45, 7) is 0.882. The molecule has 1 fully saturated rings. The molecule has 0 bridgehead atoms. The third-order valence-electron chi connectivity index (χ3n) is 2.45. The van der Waals surface area contributed by atoms with Gasteiger partial charge in [-0.05, 0) is 0 Å². The van der Waals surface area contributed by atoms with Crippen LogP contribution in [0.4, 0.5) is 17.2 Å². The molecule has 16 heavy (non-hydrogen) atoms. The second kappa shape index (κ2) is 3.76. The molecule has 0 amide bonds. The number of nitrogens with two attached hydrogens (primary N) is 1. The Morgan fingerprint density at radius 3 is 2.81 bits per heavy atom. The number of hydrogen-bond donors (Lipinski definition) is 1. The van der Waals surface area contributed by atoms with Gasteiger partial charge in [-0.15, -0.1) is 0 Å². The Kier molecular flexibility index (Phi) is 2.43. The molecule has 1 aliphatic heterocycles. The first-order chi connectivity index (χ1) is 7.58. The van der Waals surface area contributed by atoms with Gasteiger partial charge in [0, 0.05) is 19.0 Å². The van der Waals surface area contributed by atoms with Gasteiger partial charge in [-0.3, -0.25) is 14.9 Å². The van der Waals surface area contributed by atoms with Crippen LogP contribution in [0.25, 0.3) is 0 Å². The quantitative estimate of drug-likeness (QED) is 0.572. The Labute approximate surface area is 91.0 Å². The van der Waals surface area contributed by atoms with Crippen LogP contribution in [0.2, 0.25) is 0 Å². The second-order valence-electron chi connectivity index (χ2n) is 3.57. The summed E-state index contributed by atoms with van der Waals surface area (Å²) in [4.78, 5) is 26.7. The molecule has 0 spiro atoms. The number of carbonyl (C=O) groups excluding carboxylic acids is 1. The first-order valence-electron chi connectivity index (χ1n) is 4.74. The normalized spacial score (nSPS) is 15.5. The van der Waals surface area contributed by atoms with Crippen molar-refractivity contribution in [1.82, 2.24) is 4.98 Å². The van der Waals surface area contributed by atoms with Gasteiger partial charge in [0.1, 0.15) is 17.7 Å². The van der Waals surface area contributed by atoms with Gasteiger partial charge in [-0.2, -0.15) is 0 Å². The highest BCUT2D eigenvalue weighted by Gasteiger charge is 2.22. The summed E-state index contributed by atoms with van der Waals surface area (Å²) in [5, 5.41) is 10.5. The number of Topliss-reactive ketones (excluding diaryl/α,β-unsaturated/α-hetero) is 1. The number of nitrogens with zero attached hydrogens (tertiary/aromatic N) is 3. The molecule has 84 valence electrons. The number of aromatic nitrogens is 1. The van der Waals surface area contributed by atoms with Gasteiger partial charge in [-0.25, -0.2) is 4.98 Å². The minimum absolute atomic E-state index is 0.0642. The first kappa shape index (κ1) is 10.3. The number of ketones is 1. The molecule has 0 unspecified atom stereocenters. The van der Waals surface area contributed by atoms with E-state index in [4.69, 9.17) is 5.73 Å². The molecule has 2 rings (SSSR count). The average molecular weight is 222 g/mol. The Morgan fingerprint density at radius 2 is 2.31 bits per heavy atom. The van der Waals surface area contributed by atoms with Gasteiger partial charge in [0.05, 0.1) is 11.5 Å². The number of carbonyl (C=O) groups is 1. The molecule has 1 aromatic heterocycles. The predicted octanol–water partition coefficient (Wildman–Crippen LogP) is 0.351. The largest absolute Gasteiger partial charge is 0.393 e. The zero-order valence-electron chi connectivity index (χ0n) is 8.42. The van der Waals surface area contributed by atoms with E-state index in [0.717, 1.165) is 6.20 Å². The van der Waals surface area contributed by atoms with E-state index in [-0.39, 0.29) is 17.2 Å². The summed E-state index contributed by atoms with van der Waals surface area (Å²) >= 11 is 0. The number of anilines is 2. The molecule has 0 aliphatic carbocycles. The summed E-state index contributed by atoms with van der Waals surface area (Å²) in [6, 6.07) is 1.43. The number of nitro groups is 1. The maximum absolute atomic E-state index is 11.1. The minimum atomic E-state index is -0.582. The Bertz CT molecular complexity index is 460. The number of nitrogen functional groups attached to an aromatic ring is 1. The molecule has 1 saturated heterocycles. The molecule has 0 radical (unpaired) electrons. The van der Waals surface area contributed by atoms with Gasteiger partial charge in [0.15, 0.2) is 5.78 Å². The predicted molar refractivity (Wildman–Crippen MR) is 57.1 cm³/mol. The number of rotatable bonds is 2. The lowest BCUT2D eigenvalue weighted by atomic mass is 10.3. The van der Waals surface area contributed by atoms with Crippen molar-refractivity contribution in [3.63, 3.8) is 0 Å². The highest BCUT2D eigenvalue weighted by molar-refractivity contribution is 5.87. The Hall–Kier alpha value is -2.18. The van der Waals surface area contributed by atoms with E-state index >= 15 is 0 Å². The summed E-state index contributed by atoms with van der Waals surface area (Å²) in [5.41, 5.74) is 5.38. The summed E-state index contributed by atoms with van der Waals surface area (Å²) in [7, 11) is 0. The SMILES string of the molecule is Nc1cc(N2CCC(=O)C2)ncc1[N+](=O)[O-]. The summed E-state index contributed by atoms with van der Waals surface area (Å²) in [6.07, 6.45) is 1.60. The molecular formula is C9H10N4O3. The standard InChI is InChI=1S/C9H10N4O3/c10-7-3-9(11-4-8(7)13(15)16)12-2-1-6(14)5-12/h3-4H,1-2,5H2,(H2,10,11). The maximum atomic E-state index is 11.1. The van der Waals surface area contributed by atoms with Crippen molar-refractivity contribution >= 4 is 23.0 Å². The summed E-state index contributed by atoms with van der Waals surface area (Å²) in [5.74, 6) is 0.646. The Morgan fingerprint density at radius 1 is 1.56 bits per heavy atom. The monoisotopic (exact) mass is 222 g/mol. The smallest absolute Gasteiger partial charge is 0.310 e. The van der Waals surface area contributed by atoms with Crippen LogP contribution in [0.1, 0.15) is 6.42 Å². The van der Waals surface area contributed by atoms with Crippen molar-refractivity contribution < 1.29 is 9.72 Å². The van der Waals surface area contributed by atoms with Crippen molar-refractivity contribution in [3.05, 3.63) is 22.4 Å². The van der Waals surface area contributed by atoms with E-state index in [1.54, 1.807) is 4.90 Å². The molecule has 2 heterocycles. The van der Waals surface area contributed by atoms with Crippen molar-refractivity contribution in [3.8, 4) is 0 Å². The lowest BCUT2D eigenvalue weighted by Crippen LogP contribution is -2.20. The summed E-state index contributed by atoms with van der Waals surface area (Å²) < 4.78 is 0.